The van der Waals surface area contributed by atoms with Crippen LogP contribution in [0.5, 0.6) is 0 Å². The first-order valence-corrected chi connectivity index (χ1v) is 6.81. The second kappa shape index (κ2) is 6.19. The molecule has 80 valence electrons. The maximum atomic E-state index is 6.13. The summed E-state index contributed by atoms with van der Waals surface area (Å²) in [6.07, 6.45) is 0. The molecule has 0 heterocycles. The Balaban J connectivity index is 4.41. The molecule has 2 nitrogen and oxygen atoms in total. The lowest BCUT2D eigenvalue weighted by Gasteiger charge is -2.36. The standard InChI is InChI=1S/C9H21ClNOP/c1-7(2)9(5)11(8(3)4)13(10)12-6/h7-9H,1-6H3. The van der Waals surface area contributed by atoms with Crippen molar-refractivity contribution >= 4 is 18.9 Å². The van der Waals surface area contributed by atoms with Gasteiger partial charge in [-0.1, -0.05) is 13.8 Å². The third-order valence-electron chi connectivity index (χ3n) is 2.24. The molecule has 0 fully saturated rings. The fourth-order valence-electron chi connectivity index (χ4n) is 1.19. The fraction of sp³-hybridized carbons (Fsp3) is 1.00. The van der Waals surface area contributed by atoms with Gasteiger partial charge in [-0.2, -0.15) is 0 Å². The van der Waals surface area contributed by atoms with E-state index in [1.165, 1.54) is 0 Å². The van der Waals surface area contributed by atoms with Gasteiger partial charge in [0.1, 0.15) is 0 Å². The first-order valence-electron chi connectivity index (χ1n) is 4.70. The Hall–Kier alpha value is 0.640. The molecule has 0 bridgehead atoms. The van der Waals surface area contributed by atoms with Crippen molar-refractivity contribution in [2.24, 2.45) is 5.92 Å². The van der Waals surface area contributed by atoms with E-state index in [0.717, 1.165) is 0 Å². The van der Waals surface area contributed by atoms with E-state index in [4.69, 9.17) is 15.8 Å². The number of rotatable bonds is 5. The van der Waals surface area contributed by atoms with Gasteiger partial charge >= 0.3 is 0 Å². The Labute approximate surface area is 88.3 Å². The van der Waals surface area contributed by atoms with Crippen LogP contribution in [-0.4, -0.2) is 23.9 Å². The van der Waals surface area contributed by atoms with Gasteiger partial charge in [0.05, 0.1) is 0 Å². The Morgan fingerprint density at radius 3 is 1.85 bits per heavy atom. The first-order chi connectivity index (χ1) is 5.91. The fourth-order valence-corrected chi connectivity index (χ4v) is 3.24. The van der Waals surface area contributed by atoms with E-state index in [2.05, 4.69) is 39.3 Å². The molecule has 2 atom stereocenters. The Morgan fingerprint density at radius 1 is 1.15 bits per heavy atom. The molecule has 0 spiro atoms. The molecule has 13 heavy (non-hydrogen) atoms. The van der Waals surface area contributed by atoms with Crippen LogP contribution in [-0.2, 0) is 4.52 Å². The highest BCUT2D eigenvalue weighted by molar-refractivity contribution is 7.78. The second-order valence-corrected chi connectivity index (χ2v) is 6.01. The summed E-state index contributed by atoms with van der Waals surface area (Å²) in [4.78, 5) is 0. The van der Waals surface area contributed by atoms with Crippen LogP contribution < -0.4 is 0 Å². The smallest absolute Gasteiger partial charge is 0.207 e. The highest BCUT2D eigenvalue weighted by Gasteiger charge is 2.26. The van der Waals surface area contributed by atoms with Crippen molar-refractivity contribution < 1.29 is 4.52 Å². The van der Waals surface area contributed by atoms with Gasteiger partial charge in [0.25, 0.3) is 0 Å². The van der Waals surface area contributed by atoms with Gasteiger partial charge in [-0.25, -0.2) is 4.67 Å². The summed E-state index contributed by atoms with van der Waals surface area (Å²) in [7, 11) is 0.720. The van der Waals surface area contributed by atoms with Gasteiger partial charge in [0.15, 0.2) is 0 Å². The number of hydrogen-bond acceptors (Lipinski definition) is 2. The van der Waals surface area contributed by atoms with Crippen molar-refractivity contribution in [2.45, 2.75) is 46.7 Å². The van der Waals surface area contributed by atoms with Gasteiger partial charge < -0.3 is 4.52 Å². The van der Waals surface area contributed by atoms with E-state index in [9.17, 15) is 0 Å². The van der Waals surface area contributed by atoms with Crippen LogP contribution in [0.15, 0.2) is 0 Å². The maximum absolute atomic E-state index is 6.13. The molecule has 0 saturated heterocycles. The molecule has 0 radical (unpaired) electrons. The highest BCUT2D eigenvalue weighted by Crippen LogP contribution is 2.49. The zero-order valence-electron chi connectivity index (χ0n) is 9.41. The summed E-state index contributed by atoms with van der Waals surface area (Å²) in [5.74, 6) is 0.598. The van der Waals surface area contributed by atoms with Crippen molar-refractivity contribution in [2.75, 3.05) is 7.11 Å². The van der Waals surface area contributed by atoms with E-state index in [-0.39, 0.29) is 0 Å². The lowest BCUT2D eigenvalue weighted by Crippen LogP contribution is -2.36. The molecule has 0 N–H and O–H groups in total. The number of halogens is 1. The van der Waals surface area contributed by atoms with Crippen LogP contribution in [0.25, 0.3) is 0 Å². The molecular weight excluding hydrogens is 205 g/mol. The highest BCUT2D eigenvalue weighted by atomic mass is 35.7. The second-order valence-electron chi connectivity index (χ2n) is 3.87. The van der Waals surface area contributed by atoms with Crippen LogP contribution in [0.3, 0.4) is 0 Å². The molecule has 0 aromatic carbocycles. The summed E-state index contributed by atoms with van der Waals surface area (Å²) in [6, 6.07) is 0.893. The molecule has 0 amide bonds. The van der Waals surface area contributed by atoms with Crippen molar-refractivity contribution in [1.29, 1.82) is 0 Å². The topological polar surface area (TPSA) is 12.5 Å². The average molecular weight is 226 g/mol. The van der Waals surface area contributed by atoms with Crippen LogP contribution >= 0.6 is 18.9 Å². The minimum Gasteiger partial charge on any atom is -0.335 e. The molecule has 4 heteroatoms. The van der Waals surface area contributed by atoms with E-state index in [0.29, 0.717) is 18.0 Å². The van der Waals surface area contributed by atoms with Crippen molar-refractivity contribution in [3.8, 4) is 0 Å². The summed E-state index contributed by atoms with van der Waals surface area (Å²) in [5, 5.41) is 0. The monoisotopic (exact) mass is 225 g/mol. The van der Waals surface area contributed by atoms with Crippen LogP contribution in [0, 0.1) is 5.92 Å². The minimum absolute atomic E-state index is 0.431. The average Bonchev–Trinajstić information content (AvgIpc) is 2.03. The van der Waals surface area contributed by atoms with Gasteiger partial charge in [-0.3, -0.25) is 0 Å². The molecule has 0 saturated carbocycles. The van der Waals surface area contributed by atoms with Crippen molar-refractivity contribution in [3.05, 3.63) is 0 Å². The molecule has 0 aliphatic heterocycles. The summed E-state index contributed by atoms with van der Waals surface area (Å²) >= 11 is 6.13. The van der Waals surface area contributed by atoms with E-state index >= 15 is 0 Å². The van der Waals surface area contributed by atoms with E-state index in [1.807, 2.05) is 0 Å². The third kappa shape index (κ3) is 4.12. The zero-order valence-corrected chi connectivity index (χ0v) is 11.1. The zero-order chi connectivity index (χ0) is 10.6. The van der Waals surface area contributed by atoms with Gasteiger partial charge in [-0.15, -0.1) is 0 Å². The molecule has 0 rings (SSSR count). The van der Waals surface area contributed by atoms with Crippen molar-refractivity contribution in [3.63, 3.8) is 0 Å². The predicted molar refractivity (Wildman–Crippen MR) is 61.1 cm³/mol. The molecular formula is C9H21ClNOP. The SMILES string of the molecule is COP(Cl)N(C(C)C)C(C)C(C)C. The Kier molecular flexibility index (Phi) is 6.49. The minimum atomic E-state index is -0.948. The molecule has 2 unspecified atom stereocenters. The number of nitrogens with zero attached hydrogens (tertiary/aromatic N) is 1. The Morgan fingerprint density at radius 2 is 1.62 bits per heavy atom. The van der Waals surface area contributed by atoms with E-state index in [1.54, 1.807) is 7.11 Å². The molecule has 0 aliphatic carbocycles. The van der Waals surface area contributed by atoms with E-state index < -0.39 is 7.65 Å². The Bertz CT molecular complexity index is 144. The molecule has 0 aromatic heterocycles. The predicted octanol–water partition coefficient (Wildman–Crippen LogP) is 3.85. The van der Waals surface area contributed by atoms with Crippen LogP contribution in [0.1, 0.15) is 34.6 Å². The summed E-state index contributed by atoms with van der Waals surface area (Å²) in [5.41, 5.74) is 0. The third-order valence-corrected chi connectivity index (χ3v) is 4.67. The van der Waals surface area contributed by atoms with Gasteiger partial charge in [-0.05, 0) is 37.9 Å². The van der Waals surface area contributed by atoms with Crippen LogP contribution in [0.2, 0.25) is 0 Å². The van der Waals surface area contributed by atoms with Crippen LogP contribution in [0.4, 0.5) is 0 Å². The van der Waals surface area contributed by atoms with Crippen molar-refractivity contribution in [1.82, 2.24) is 4.67 Å². The number of hydrogen-bond donors (Lipinski definition) is 0. The normalized spacial score (nSPS) is 17.1. The quantitative estimate of drug-likeness (QED) is 0.659. The molecule has 0 aliphatic rings. The summed E-state index contributed by atoms with van der Waals surface area (Å²) < 4.78 is 7.44. The van der Waals surface area contributed by atoms with Gasteiger partial charge in [0.2, 0.25) is 7.65 Å². The lowest BCUT2D eigenvalue weighted by molar-refractivity contribution is 0.230. The lowest BCUT2D eigenvalue weighted by atomic mass is 10.1. The molecule has 0 aromatic rings. The summed E-state index contributed by atoms with van der Waals surface area (Å²) in [6.45, 7) is 10.9. The first kappa shape index (κ1) is 13.6. The van der Waals surface area contributed by atoms with Gasteiger partial charge in [0, 0.05) is 19.2 Å². The maximum Gasteiger partial charge on any atom is 0.207 e. The largest absolute Gasteiger partial charge is 0.335 e.